The smallest absolute Gasteiger partial charge is 0.253 e. The van der Waals surface area contributed by atoms with Gasteiger partial charge in [0.2, 0.25) is 10.0 Å². The van der Waals surface area contributed by atoms with Crippen LogP contribution in [0, 0.1) is 0 Å². The number of nitrogens with zero attached hydrogens (tertiary/aromatic N) is 2. The van der Waals surface area contributed by atoms with Crippen LogP contribution >= 0.6 is 0 Å². The van der Waals surface area contributed by atoms with Gasteiger partial charge in [-0.05, 0) is 23.8 Å². The van der Waals surface area contributed by atoms with E-state index < -0.39 is 10.0 Å². The maximum Gasteiger partial charge on any atom is 0.253 e. The molecule has 2 aromatic rings. The van der Waals surface area contributed by atoms with Crippen LogP contribution in [0.2, 0.25) is 0 Å². The normalized spacial score (nSPS) is 15.4. The predicted molar refractivity (Wildman–Crippen MR) is 109 cm³/mol. The van der Waals surface area contributed by atoms with Crippen LogP contribution in [0.3, 0.4) is 0 Å². The van der Waals surface area contributed by atoms with E-state index in [1.165, 1.54) is 23.8 Å². The molecule has 0 atom stereocenters. The molecular formula is C21H25N3O3S. The Morgan fingerprint density at radius 3 is 2.43 bits per heavy atom. The van der Waals surface area contributed by atoms with Gasteiger partial charge in [0, 0.05) is 44.8 Å². The largest absolute Gasteiger partial charge is 0.336 e. The summed E-state index contributed by atoms with van der Waals surface area (Å²) < 4.78 is 27.0. The molecule has 1 saturated heterocycles. The van der Waals surface area contributed by atoms with Crippen LogP contribution in [0.25, 0.3) is 0 Å². The maximum atomic E-state index is 12.8. The monoisotopic (exact) mass is 399 g/mol. The van der Waals surface area contributed by atoms with Crippen molar-refractivity contribution in [2.75, 3.05) is 32.7 Å². The van der Waals surface area contributed by atoms with Crippen LogP contribution < -0.4 is 4.72 Å². The number of nitrogens with one attached hydrogen (secondary N) is 1. The predicted octanol–water partition coefficient (Wildman–Crippen LogP) is 2.11. The highest BCUT2D eigenvalue weighted by Crippen LogP contribution is 2.15. The standard InChI is InChI=1S/C21H25N3O3S/c1-2-11-22-28(26,27)20-10-6-9-19(16-20)21(25)24-14-12-23(13-15-24)17-18-7-4-3-5-8-18/h2-10,16,22H,1,11-15,17H2. The van der Waals surface area contributed by atoms with Crippen molar-refractivity contribution in [3.63, 3.8) is 0 Å². The molecule has 0 spiro atoms. The topological polar surface area (TPSA) is 69.7 Å². The number of rotatable bonds is 7. The van der Waals surface area contributed by atoms with Gasteiger partial charge in [-0.2, -0.15) is 0 Å². The van der Waals surface area contributed by atoms with E-state index in [1.54, 1.807) is 17.0 Å². The Morgan fingerprint density at radius 1 is 1.04 bits per heavy atom. The molecule has 0 bridgehead atoms. The van der Waals surface area contributed by atoms with Crippen molar-refractivity contribution in [3.8, 4) is 0 Å². The van der Waals surface area contributed by atoms with Crippen LogP contribution in [0.15, 0.2) is 72.1 Å². The molecule has 0 aromatic heterocycles. The molecular weight excluding hydrogens is 374 g/mol. The summed E-state index contributed by atoms with van der Waals surface area (Å²) in [6.07, 6.45) is 1.47. The summed E-state index contributed by atoms with van der Waals surface area (Å²) in [5, 5.41) is 0. The van der Waals surface area contributed by atoms with E-state index in [1.807, 2.05) is 18.2 Å². The number of hydrogen-bond donors (Lipinski definition) is 1. The van der Waals surface area contributed by atoms with Gasteiger partial charge in [-0.3, -0.25) is 9.69 Å². The molecule has 28 heavy (non-hydrogen) atoms. The average molecular weight is 400 g/mol. The number of amides is 1. The lowest BCUT2D eigenvalue weighted by Gasteiger charge is -2.34. The van der Waals surface area contributed by atoms with E-state index in [9.17, 15) is 13.2 Å². The van der Waals surface area contributed by atoms with Crippen molar-refractivity contribution in [1.29, 1.82) is 0 Å². The summed E-state index contributed by atoms with van der Waals surface area (Å²) in [7, 11) is -3.65. The van der Waals surface area contributed by atoms with E-state index in [4.69, 9.17) is 0 Å². The van der Waals surface area contributed by atoms with Crippen molar-refractivity contribution >= 4 is 15.9 Å². The second-order valence-electron chi connectivity index (χ2n) is 6.72. The molecule has 1 heterocycles. The number of carbonyl (C=O) groups is 1. The average Bonchev–Trinajstić information content (AvgIpc) is 2.73. The highest BCUT2D eigenvalue weighted by molar-refractivity contribution is 7.89. The molecule has 3 rings (SSSR count). The fraction of sp³-hybridized carbons (Fsp3) is 0.286. The van der Waals surface area contributed by atoms with Gasteiger partial charge < -0.3 is 4.90 Å². The summed E-state index contributed by atoms with van der Waals surface area (Å²) in [5.41, 5.74) is 1.64. The minimum Gasteiger partial charge on any atom is -0.336 e. The molecule has 148 valence electrons. The lowest BCUT2D eigenvalue weighted by Crippen LogP contribution is -2.48. The highest BCUT2D eigenvalue weighted by Gasteiger charge is 2.23. The molecule has 6 nitrogen and oxygen atoms in total. The molecule has 2 aromatic carbocycles. The molecule has 1 fully saturated rings. The van der Waals surface area contributed by atoms with Crippen LogP contribution in [-0.4, -0.2) is 56.8 Å². The molecule has 1 amide bonds. The molecule has 1 aliphatic rings. The fourth-order valence-electron chi connectivity index (χ4n) is 3.18. The summed E-state index contributed by atoms with van der Waals surface area (Å²) in [6.45, 7) is 7.34. The first-order valence-electron chi connectivity index (χ1n) is 9.26. The van der Waals surface area contributed by atoms with E-state index >= 15 is 0 Å². The third kappa shape index (κ3) is 5.07. The van der Waals surface area contributed by atoms with Gasteiger partial charge in [-0.25, -0.2) is 13.1 Å². The van der Waals surface area contributed by atoms with Gasteiger partial charge in [-0.1, -0.05) is 42.5 Å². The van der Waals surface area contributed by atoms with Crippen LogP contribution in [0.5, 0.6) is 0 Å². The first-order chi connectivity index (χ1) is 13.5. The van der Waals surface area contributed by atoms with Gasteiger partial charge in [-0.15, -0.1) is 6.58 Å². The van der Waals surface area contributed by atoms with E-state index in [0.29, 0.717) is 18.7 Å². The number of benzene rings is 2. The minimum atomic E-state index is -3.65. The summed E-state index contributed by atoms with van der Waals surface area (Å²) in [4.78, 5) is 17.0. The van der Waals surface area contributed by atoms with Crippen molar-refractivity contribution in [1.82, 2.24) is 14.5 Å². The van der Waals surface area contributed by atoms with Crippen molar-refractivity contribution < 1.29 is 13.2 Å². The third-order valence-corrected chi connectivity index (χ3v) is 6.14. The molecule has 7 heteroatoms. The van der Waals surface area contributed by atoms with Crippen molar-refractivity contribution in [2.24, 2.45) is 0 Å². The Bertz CT molecular complexity index is 921. The highest BCUT2D eigenvalue weighted by atomic mass is 32.2. The maximum absolute atomic E-state index is 12.8. The lowest BCUT2D eigenvalue weighted by atomic mass is 10.1. The Labute approximate surface area is 166 Å². The molecule has 1 N–H and O–H groups in total. The lowest BCUT2D eigenvalue weighted by molar-refractivity contribution is 0.0628. The summed E-state index contributed by atoms with van der Waals surface area (Å²) in [6, 6.07) is 16.4. The van der Waals surface area contributed by atoms with Crippen molar-refractivity contribution in [2.45, 2.75) is 11.4 Å². The number of carbonyl (C=O) groups excluding carboxylic acids is 1. The van der Waals surface area contributed by atoms with Crippen LogP contribution in [0.1, 0.15) is 15.9 Å². The molecule has 0 radical (unpaired) electrons. The van der Waals surface area contributed by atoms with E-state index in [2.05, 4.69) is 28.3 Å². The SMILES string of the molecule is C=CCNS(=O)(=O)c1cccc(C(=O)N2CCN(Cc3ccccc3)CC2)c1. The Hall–Kier alpha value is -2.48. The van der Waals surface area contributed by atoms with Gasteiger partial charge in [0.05, 0.1) is 4.90 Å². The quantitative estimate of drug-likeness (QED) is 0.724. The van der Waals surface area contributed by atoms with Gasteiger partial charge in [0.15, 0.2) is 0 Å². The number of piperazine rings is 1. The molecule has 0 aliphatic carbocycles. The third-order valence-electron chi connectivity index (χ3n) is 4.72. The molecule has 1 aliphatic heterocycles. The van der Waals surface area contributed by atoms with Crippen LogP contribution in [0.4, 0.5) is 0 Å². The second-order valence-corrected chi connectivity index (χ2v) is 8.49. The zero-order chi connectivity index (χ0) is 20.0. The summed E-state index contributed by atoms with van der Waals surface area (Å²) in [5.74, 6) is -0.139. The Morgan fingerprint density at radius 2 is 1.75 bits per heavy atom. The van der Waals surface area contributed by atoms with Crippen molar-refractivity contribution in [3.05, 3.63) is 78.4 Å². The van der Waals surface area contributed by atoms with Crippen LogP contribution in [-0.2, 0) is 16.6 Å². The first kappa shape index (κ1) is 20.3. The van der Waals surface area contributed by atoms with Gasteiger partial charge >= 0.3 is 0 Å². The van der Waals surface area contributed by atoms with E-state index in [-0.39, 0.29) is 17.3 Å². The van der Waals surface area contributed by atoms with E-state index in [0.717, 1.165) is 19.6 Å². The minimum absolute atomic E-state index is 0.0860. The van der Waals surface area contributed by atoms with Gasteiger partial charge in [0.25, 0.3) is 5.91 Å². The summed E-state index contributed by atoms with van der Waals surface area (Å²) >= 11 is 0. The Balaban J connectivity index is 1.62. The zero-order valence-corrected chi connectivity index (χ0v) is 16.6. The molecule has 0 saturated carbocycles. The zero-order valence-electron chi connectivity index (χ0n) is 15.8. The Kier molecular flexibility index (Phi) is 6.61. The number of hydrogen-bond acceptors (Lipinski definition) is 4. The van der Waals surface area contributed by atoms with Gasteiger partial charge in [0.1, 0.15) is 0 Å². The number of sulfonamides is 1. The first-order valence-corrected chi connectivity index (χ1v) is 10.7. The molecule has 0 unspecified atom stereocenters. The second kappa shape index (κ2) is 9.14. The fourth-order valence-corrected chi connectivity index (χ4v) is 4.23.